The van der Waals surface area contributed by atoms with Crippen LogP contribution in [-0.2, 0) is 32.3 Å². The number of benzene rings is 2. The Labute approximate surface area is 277 Å². The molecule has 1 amide bonds. The lowest BCUT2D eigenvalue weighted by Crippen LogP contribution is -2.59. The normalized spacial score (nSPS) is 23.3. The Morgan fingerprint density at radius 2 is 1.89 bits per heavy atom. The molecule has 3 aromatic rings. The topological polar surface area (TPSA) is 105 Å². The molecule has 4 atom stereocenters. The number of aliphatic carboxylic acids is 1. The van der Waals surface area contributed by atoms with Gasteiger partial charge in [-0.05, 0) is 81.3 Å². The SMILES string of the molecule is CC(C)(C)S(=O)(=O)C[C@@H](C1CC1)N1C(=O)[C@](C)(Cc2ncc(CC(=O)O)s2)C[C@@H](c2cccc(Cl)c2)[C@@H]1c1ccc(Cl)c(F)c1. The molecule has 0 radical (unpaired) electrons. The first-order valence-corrected chi connectivity index (χ1v) is 18.1. The number of aromatic nitrogens is 1. The number of piperidine rings is 1. The van der Waals surface area contributed by atoms with E-state index in [4.69, 9.17) is 23.2 Å². The van der Waals surface area contributed by atoms with Crippen molar-refractivity contribution in [2.75, 3.05) is 5.75 Å². The summed E-state index contributed by atoms with van der Waals surface area (Å²) in [6, 6.07) is 10.5. The minimum absolute atomic E-state index is 0.0323. The van der Waals surface area contributed by atoms with Crippen LogP contribution in [0.4, 0.5) is 4.39 Å². The van der Waals surface area contributed by atoms with Crippen LogP contribution in [0.2, 0.25) is 10.0 Å². The molecule has 45 heavy (non-hydrogen) atoms. The lowest BCUT2D eigenvalue weighted by atomic mass is 9.67. The number of amides is 1. The highest BCUT2D eigenvalue weighted by atomic mass is 35.5. The standard InChI is InChI=1S/C33H37Cl2FN2O5S2/c1-32(2,3)45(42,43)18-27(19-8-9-19)38-30(21-10-11-25(35)26(36)13-21)24(20-6-5-7-22(34)12-20)15-33(4,31(38)41)16-28-37-17-23(44-28)14-29(39)40/h5-7,10-13,17,19,24,27,30H,8-9,14-16,18H2,1-4H3,(H,39,40)/t24-,27-,30-,33-/m0/s1. The summed E-state index contributed by atoms with van der Waals surface area (Å²) < 4.78 is 41.5. The second kappa shape index (κ2) is 12.6. The number of carbonyl (C=O) groups is 2. The van der Waals surface area contributed by atoms with Crippen molar-refractivity contribution in [1.82, 2.24) is 9.88 Å². The Balaban J connectivity index is 1.69. The minimum Gasteiger partial charge on any atom is -0.481 e. The Morgan fingerprint density at radius 3 is 2.49 bits per heavy atom. The first-order valence-electron chi connectivity index (χ1n) is 14.9. The number of carbonyl (C=O) groups excluding carboxylic acids is 1. The van der Waals surface area contributed by atoms with E-state index in [1.165, 1.54) is 29.7 Å². The van der Waals surface area contributed by atoms with E-state index in [0.29, 0.717) is 26.9 Å². The van der Waals surface area contributed by atoms with Gasteiger partial charge in [0, 0.05) is 34.5 Å². The molecule has 0 spiro atoms. The average Bonchev–Trinajstić information content (AvgIpc) is 3.70. The highest BCUT2D eigenvalue weighted by Gasteiger charge is 2.55. The van der Waals surface area contributed by atoms with E-state index >= 15 is 4.39 Å². The van der Waals surface area contributed by atoms with Gasteiger partial charge in [0.25, 0.3) is 0 Å². The molecule has 2 heterocycles. The third kappa shape index (κ3) is 7.24. The van der Waals surface area contributed by atoms with E-state index < -0.39 is 43.9 Å². The molecular weight excluding hydrogens is 658 g/mol. The molecule has 1 saturated heterocycles. The zero-order valence-corrected chi connectivity index (χ0v) is 28.7. The second-order valence-corrected chi connectivity index (χ2v) is 18.4. The fourth-order valence-electron chi connectivity index (χ4n) is 6.34. The Hall–Kier alpha value is -2.53. The van der Waals surface area contributed by atoms with E-state index in [1.807, 2.05) is 25.1 Å². The zero-order valence-electron chi connectivity index (χ0n) is 25.6. The third-order valence-electron chi connectivity index (χ3n) is 8.98. The number of hydrogen-bond acceptors (Lipinski definition) is 6. The molecule has 2 aromatic carbocycles. The number of thiazole rings is 1. The molecular formula is C33H37Cl2FN2O5S2. The molecule has 2 fully saturated rings. The third-order valence-corrected chi connectivity index (χ3v) is 13.2. The Kier molecular flexibility index (Phi) is 9.46. The molecule has 7 nitrogen and oxygen atoms in total. The molecule has 1 saturated carbocycles. The van der Waals surface area contributed by atoms with Crippen molar-refractivity contribution in [2.45, 2.75) is 82.5 Å². The molecule has 1 aliphatic heterocycles. The summed E-state index contributed by atoms with van der Waals surface area (Å²) in [5.74, 6) is -2.48. The van der Waals surface area contributed by atoms with Crippen molar-refractivity contribution < 1.29 is 27.5 Å². The monoisotopic (exact) mass is 694 g/mol. The van der Waals surface area contributed by atoms with Gasteiger partial charge in [0.2, 0.25) is 5.91 Å². The van der Waals surface area contributed by atoms with E-state index in [0.717, 1.165) is 18.4 Å². The summed E-state index contributed by atoms with van der Waals surface area (Å²) >= 11 is 13.8. The molecule has 1 aliphatic carbocycles. The molecule has 1 N–H and O–H groups in total. The summed E-state index contributed by atoms with van der Waals surface area (Å²) in [4.78, 5) is 33.1. The van der Waals surface area contributed by atoms with Gasteiger partial charge in [-0.1, -0.05) is 48.3 Å². The highest BCUT2D eigenvalue weighted by molar-refractivity contribution is 7.92. The first kappa shape index (κ1) is 33.8. The van der Waals surface area contributed by atoms with Crippen LogP contribution in [0.25, 0.3) is 0 Å². The Bertz CT molecular complexity index is 1720. The molecule has 5 rings (SSSR count). The fraction of sp³-hybridized carbons (Fsp3) is 0.485. The number of likely N-dealkylation sites (tertiary alicyclic amines) is 1. The fourth-order valence-corrected chi connectivity index (χ4v) is 9.14. The van der Waals surface area contributed by atoms with Crippen LogP contribution in [0, 0.1) is 17.2 Å². The summed E-state index contributed by atoms with van der Waals surface area (Å²) in [5, 5.41) is 10.3. The lowest BCUT2D eigenvalue weighted by Gasteiger charge is -2.52. The van der Waals surface area contributed by atoms with Gasteiger partial charge in [0.15, 0.2) is 9.84 Å². The Morgan fingerprint density at radius 1 is 1.18 bits per heavy atom. The number of sulfone groups is 1. The number of hydrogen-bond donors (Lipinski definition) is 1. The lowest BCUT2D eigenvalue weighted by molar-refractivity contribution is -0.154. The number of carboxylic acids is 1. The van der Waals surface area contributed by atoms with Gasteiger partial charge in [-0.15, -0.1) is 11.3 Å². The molecule has 12 heteroatoms. The van der Waals surface area contributed by atoms with Crippen LogP contribution >= 0.6 is 34.5 Å². The van der Waals surface area contributed by atoms with Crippen molar-refractivity contribution >= 4 is 56.3 Å². The van der Waals surface area contributed by atoms with Crippen LogP contribution in [0.3, 0.4) is 0 Å². The van der Waals surface area contributed by atoms with Crippen molar-refractivity contribution in [3.05, 3.63) is 85.5 Å². The molecule has 242 valence electrons. The molecule has 0 unspecified atom stereocenters. The van der Waals surface area contributed by atoms with E-state index in [9.17, 15) is 23.1 Å². The van der Waals surface area contributed by atoms with Crippen molar-refractivity contribution in [2.24, 2.45) is 11.3 Å². The second-order valence-electron chi connectivity index (χ2n) is 13.5. The summed E-state index contributed by atoms with van der Waals surface area (Å²) in [5.41, 5.74) is 0.324. The van der Waals surface area contributed by atoms with Gasteiger partial charge >= 0.3 is 5.97 Å². The van der Waals surface area contributed by atoms with E-state index in [1.54, 1.807) is 37.8 Å². The zero-order chi connectivity index (χ0) is 32.9. The van der Waals surface area contributed by atoms with E-state index in [2.05, 4.69) is 4.98 Å². The maximum absolute atomic E-state index is 15.1. The van der Waals surface area contributed by atoms with Gasteiger partial charge in [0.1, 0.15) is 5.82 Å². The maximum atomic E-state index is 15.1. The average molecular weight is 696 g/mol. The van der Waals surface area contributed by atoms with Crippen LogP contribution in [0.5, 0.6) is 0 Å². The highest BCUT2D eigenvalue weighted by Crippen LogP contribution is 2.54. The minimum atomic E-state index is -3.66. The summed E-state index contributed by atoms with van der Waals surface area (Å²) in [6.45, 7) is 6.84. The maximum Gasteiger partial charge on any atom is 0.308 e. The largest absolute Gasteiger partial charge is 0.481 e. The molecule has 2 aliphatic rings. The van der Waals surface area contributed by atoms with Crippen molar-refractivity contribution in [3.8, 4) is 0 Å². The van der Waals surface area contributed by atoms with Gasteiger partial charge in [-0.25, -0.2) is 17.8 Å². The van der Waals surface area contributed by atoms with E-state index in [-0.39, 0.29) is 41.4 Å². The summed E-state index contributed by atoms with van der Waals surface area (Å²) in [6.07, 6.45) is 3.49. The number of nitrogens with zero attached hydrogens (tertiary/aromatic N) is 2. The van der Waals surface area contributed by atoms with Crippen LogP contribution < -0.4 is 0 Å². The predicted octanol–water partition coefficient (Wildman–Crippen LogP) is 7.51. The number of halogens is 3. The number of rotatable bonds is 10. The van der Waals surface area contributed by atoms with Crippen LogP contribution in [-0.4, -0.2) is 51.8 Å². The van der Waals surface area contributed by atoms with Crippen molar-refractivity contribution in [1.29, 1.82) is 0 Å². The van der Waals surface area contributed by atoms with Gasteiger partial charge in [0.05, 0.1) is 38.4 Å². The van der Waals surface area contributed by atoms with Crippen LogP contribution in [0.1, 0.15) is 79.9 Å². The van der Waals surface area contributed by atoms with Gasteiger partial charge < -0.3 is 10.0 Å². The smallest absolute Gasteiger partial charge is 0.308 e. The van der Waals surface area contributed by atoms with Gasteiger partial charge in [-0.3, -0.25) is 9.59 Å². The van der Waals surface area contributed by atoms with Crippen molar-refractivity contribution in [3.63, 3.8) is 0 Å². The first-order chi connectivity index (χ1) is 21.0. The quantitative estimate of drug-likeness (QED) is 0.236. The summed E-state index contributed by atoms with van der Waals surface area (Å²) in [7, 11) is -3.66. The van der Waals surface area contributed by atoms with Gasteiger partial charge in [-0.2, -0.15) is 0 Å². The predicted molar refractivity (Wildman–Crippen MR) is 175 cm³/mol. The number of carboxylic acid groups (broad SMARTS) is 1. The van der Waals surface area contributed by atoms with Crippen LogP contribution in [0.15, 0.2) is 48.7 Å². The molecule has 1 aromatic heterocycles. The molecule has 0 bridgehead atoms.